The van der Waals surface area contributed by atoms with Crippen molar-refractivity contribution in [1.29, 1.82) is 0 Å². The number of aliphatic hydroxyl groups is 1. The molecule has 0 amide bonds. The second-order valence-electron chi connectivity index (χ2n) is 2.36. The highest BCUT2D eigenvalue weighted by atomic mass is 19.1. The molecule has 0 spiro atoms. The summed E-state index contributed by atoms with van der Waals surface area (Å²) in [6.07, 6.45) is -0.574. The van der Waals surface area contributed by atoms with E-state index in [4.69, 9.17) is 0 Å². The van der Waals surface area contributed by atoms with Gasteiger partial charge in [-0.2, -0.15) is 0 Å². The zero-order valence-corrected chi connectivity index (χ0v) is 6.13. The summed E-state index contributed by atoms with van der Waals surface area (Å²) in [7, 11) is 0. The van der Waals surface area contributed by atoms with Gasteiger partial charge >= 0.3 is 0 Å². The number of hydrogen-bond donors (Lipinski definition) is 2. The van der Waals surface area contributed by atoms with Gasteiger partial charge in [0.1, 0.15) is 18.5 Å². The van der Waals surface area contributed by atoms with Crippen LogP contribution in [0.2, 0.25) is 0 Å². The molecule has 1 aromatic rings. The smallest absolute Gasteiger partial charge is 0.128 e. The first-order chi connectivity index (χ1) is 5.24. The van der Waals surface area contributed by atoms with E-state index < -0.39 is 6.10 Å². The molecule has 0 aliphatic carbocycles. The molecular weight excluding hydrogens is 145 g/mol. The Morgan fingerprint density at radius 1 is 1.36 bits per heavy atom. The first kappa shape index (κ1) is 8.17. The zero-order valence-electron chi connectivity index (χ0n) is 6.13. The van der Waals surface area contributed by atoms with Crippen molar-refractivity contribution < 1.29 is 15.2 Å². The molecule has 0 saturated carbocycles. The lowest BCUT2D eigenvalue weighted by Crippen LogP contribution is -2.52. The minimum absolute atomic E-state index is 0.287. The van der Waals surface area contributed by atoms with Crippen molar-refractivity contribution in [3.8, 4) is 0 Å². The van der Waals surface area contributed by atoms with Crippen LogP contribution < -0.4 is 5.73 Å². The van der Waals surface area contributed by atoms with E-state index in [2.05, 4.69) is 5.73 Å². The maximum Gasteiger partial charge on any atom is 0.128 e. The Morgan fingerprint density at radius 3 is 2.36 bits per heavy atom. The molecule has 1 atom stereocenters. The van der Waals surface area contributed by atoms with E-state index in [1.54, 1.807) is 12.1 Å². The summed E-state index contributed by atoms with van der Waals surface area (Å²) in [5.41, 5.74) is 4.25. The highest BCUT2D eigenvalue weighted by molar-refractivity contribution is 5.18. The van der Waals surface area contributed by atoms with Crippen LogP contribution in [-0.4, -0.2) is 11.7 Å². The van der Waals surface area contributed by atoms with Crippen LogP contribution in [0.15, 0.2) is 24.3 Å². The quantitative estimate of drug-likeness (QED) is 0.627. The molecule has 0 saturated heterocycles. The fraction of sp³-hybridized carbons (Fsp3) is 0.250. The Labute approximate surface area is 64.5 Å². The third-order valence-corrected chi connectivity index (χ3v) is 1.53. The monoisotopic (exact) mass is 156 g/mol. The van der Waals surface area contributed by atoms with Gasteiger partial charge in [0.25, 0.3) is 0 Å². The summed E-state index contributed by atoms with van der Waals surface area (Å²) < 4.78 is 12.4. The minimum atomic E-state index is -0.574. The SMILES string of the molecule is [NH3+]C[C@H](O)c1ccc(F)cc1. The van der Waals surface area contributed by atoms with E-state index in [9.17, 15) is 9.50 Å². The first-order valence-electron chi connectivity index (χ1n) is 3.47. The van der Waals surface area contributed by atoms with Crippen molar-refractivity contribution >= 4 is 0 Å². The van der Waals surface area contributed by atoms with Crippen molar-refractivity contribution in [1.82, 2.24) is 0 Å². The van der Waals surface area contributed by atoms with E-state index in [1.807, 2.05) is 0 Å². The third-order valence-electron chi connectivity index (χ3n) is 1.53. The van der Waals surface area contributed by atoms with Crippen molar-refractivity contribution in [2.75, 3.05) is 6.54 Å². The second-order valence-corrected chi connectivity index (χ2v) is 2.36. The molecular formula is C8H11FNO+. The molecule has 0 heterocycles. The third kappa shape index (κ3) is 2.00. The van der Waals surface area contributed by atoms with Gasteiger partial charge in [0, 0.05) is 0 Å². The maximum atomic E-state index is 12.4. The van der Waals surface area contributed by atoms with Crippen LogP contribution in [0, 0.1) is 5.82 Å². The Bertz CT molecular complexity index is 222. The number of quaternary nitrogens is 1. The van der Waals surface area contributed by atoms with Crippen molar-refractivity contribution in [3.05, 3.63) is 35.6 Å². The molecule has 0 aliphatic heterocycles. The van der Waals surface area contributed by atoms with Crippen LogP contribution in [0.1, 0.15) is 11.7 Å². The van der Waals surface area contributed by atoms with Crippen molar-refractivity contribution in [2.24, 2.45) is 0 Å². The second kappa shape index (κ2) is 3.46. The van der Waals surface area contributed by atoms with Gasteiger partial charge in [-0.15, -0.1) is 0 Å². The number of halogens is 1. The molecule has 0 aromatic heterocycles. The lowest BCUT2D eigenvalue weighted by atomic mass is 10.1. The van der Waals surface area contributed by atoms with Crippen LogP contribution in [0.3, 0.4) is 0 Å². The summed E-state index contributed by atoms with van der Waals surface area (Å²) in [5.74, 6) is -0.287. The molecule has 60 valence electrons. The minimum Gasteiger partial charge on any atom is -0.382 e. The van der Waals surface area contributed by atoms with Gasteiger partial charge in [-0.05, 0) is 17.7 Å². The fourth-order valence-corrected chi connectivity index (χ4v) is 0.852. The number of benzene rings is 1. The number of aliphatic hydroxyl groups excluding tert-OH is 1. The Balaban J connectivity index is 2.81. The van der Waals surface area contributed by atoms with E-state index in [-0.39, 0.29) is 5.82 Å². The molecule has 0 bridgehead atoms. The van der Waals surface area contributed by atoms with Gasteiger partial charge < -0.3 is 10.8 Å². The lowest BCUT2D eigenvalue weighted by Gasteiger charge is -2.04. The molecule has 1 aromatic carbocycles. The Hall–Kier alpha value is -0.930. The van der Waals surface area contributed by atoms with Crippen LogP contribution in [0.4, 0.5) is 4.39 Å². The van der Waals surface area contributed by atoms with Crippen LogP contribution >= 0.6 is 0 Å². The van der Waals surface area contributed by atoms with E-state index in [0.717, 1.165) is 0 Å². The standard InChI is InChI=1S/C8H10FNO/c9-7-3-1-6(2-4-7)8(11)5-10/h1-4,8,11H,5,10H2/p+1/t8-/m0/s1. The average Bonchev–Trinajstić information content (AvgIpc) is 2.05. The Kier molecular flexibility index (Phi) is 2.57. The number of rotatable bonds is 2. The van der Waals surface area contributed by atoms with Gasteiger partial charge in [-0.3, -0.25) is 0 Å². The highest BCUT2D eigenvalue weighted by Crippen LogP contribution is 2.10. The van der Waals surface area contributed by atoms with Gasteiger partial charge in [-0.25, -0.2) is 4.39 Å². The van der Waals surface area contributed by atoms with Gasteiger partial charge in [-0.1, -0.05) is 12.1 Å². The molecule has 0 radical (unpaired) electrons. The molecule has 4 N–H and O–H groups in total. The van der Waals surface area contributed by atoms with Crippen molar-refractivity contribution in [2.45, 2.75) is 6.10 Å². The summed E-state index contributed by atoms with van der Waals surface area (Å²) in [5, 5.41) is 9.24. The van der Waals surface area contributed by atoms with E-state index in [1.165, 1.54) is 12.1 Å². The summed E-state index contributed by atoms with van der Waals surface area (Å²) in [4.78, 5) is 0. The summed E-state index contributed by atoms with van der Waals surface area (Å²) >= 11 is 0. The maximum absolute atomic E-state index is 12.4. The molecule has 0 fully saturated rings. The molecule has 0 unspecified atom stereocenters. The van der Waals surface area contributed by atoms with Gasteiger partial charge in [0.05, 0.1) is 0 Å². The van der Waals surface area contributed by atoms with Crippen molar-refractivity contribution in [3.63, 3.8) is 0 Å². The molecule has 1 rings (SSSR count). The fourth-order valence-electron chi connectivity index (χ4n) is 0.852. The topological polar surface area (TPSA) is 47.9 Å². The van der Waals surface area contributed by atoms with Gasteiger partial charge in [0.2, 0.25) is 0 Å². The predicted molar refractivity (Wildman–Crippen MR) is 39.1 cm³/mol. The summed E-state index contributed by atoms with van der Waals surface area (Å²) in [6, 6.07) is 5.78. The van der Waals surface area contributed by atoms with Crippen LogP contribution in [-0.2, 0) is 0 Å². The van der Waals surface area contributed by atoms with E-state index >= 15 is 0 Å². The molecule has 11 heavy (non-hydrogen) atoms. The van der Waals surface area contributed by atoms with Crippen LogP contribution in [0.25, 0.3) is 0 Å². The van der Waals surface area contributed by atoms with Gasteiger partial charge in [0.15, 0.2) is 0 Å². The molecule has 3 heteroatoms. The largest absolute Gasteiger partial charge is 0.382 e. The predicted octanol–water partition coefficient (Wildman–Crippen LogP) is 0.101. The highest BCUT2D eigenvalue weighted by Gasteiger charge is 2.05. The lowest BCUT2D eigenvalue weighted by molar-refractivity contribution is -0.385. The summed E-state index contributed by atoms with van der Waals surface area (Å²) in [6.45, 7) is 0.408. The normalized spacial score (nSPS) is 13.0. The first-order valence-corrected chi connectivity index (χ1v) is 3.47. The number of hydrogen-bond acceptors (Lipinski definition) is 1. The molecule has 0 aliphatic rings. The zero-order chi connectivity index (χ0) is 8.27. The van der Waals surface area contributed by atoms with E-state index in [0.29, 0.717) is 12.1 Å². The van der Waals surface area contributed by atoms with Crippen LogP contribution in [0.5, 0.6) is 0 Å². The average molecular weight is 156 g/mol. The molecule has 2 nitrogen and oxygen atoms in total. The Morgan fingerprint density at radius 2 is 1.91 bits per heavy atom.